The summed E-state index contributed by atoms with van der Waals surface area (Å²) in [5, 5.41) is 4.30. The first kappa shape index (κ1) is 21.2. The molecule has 4 rings (SSSR count). The van der Waals surface area contributed by atoms with Crippen molar-refractivity contribution in [2.45, 2.75) is 12.5 Å². The molecule has 0 radical (unpaired) electrons. The second kappa shape index (κ2) is 10.3. The Kier molecular flexibility index (Phi) is 7.07. The van der Waals surface area contributed by atoms with E-state index in [-0.39, 0.29) is 12.9 Å². The summed E-state index contributed by atoms with van der Waals surface area (Å²) >= 11 is 0. The van der Waals surface area contributed by atoms with Gasteiger partial charge in [0.2, 0.25) is 6.79 Å². The summed E-state index contributed by atoms with van der Waals surface area (Å²) in [5.74, 6) is 2.30. The summed E-state index contributed by atoms with van der Waals surface area (Å²) in [6, 6.07) is 18.0. The minimum absolute atomic E-state index is 0.117. The Morgan fingerprint density at radius 1 is 1.03 bits per heavy atom. The average Bonchev–Trinajstić information content (AvgIpc) is 3.43. The molecule has 0 bridgehead atoms. The molecule has 164 valence electrons. The molecule has 31 heavy (non-hydrogen) atoms. The van der Waals surface area contributed by atoms with E-state index in [0.717, 1.165) is 48.0 Å². The smallest absolute Gasteiger partial charge is 0.231 e. The van der Waals surface area contributed by atoms with Gasteiger partial charge < -0.3 is 23.8 Å². The topological polar surface area (TPSA) is 58.0 Å². The molecule has 1 unspecified atom stereocenters. The van der Waals surface area contributed by atoms with E-state index >= 15 is 0 Å². The molecule has 2 heterocycles. The molecule has 7 heteroatoms. The van der Waals surface area contributed by atoms with Crippen molar-refractivity contribution in [1.29, 1.82) is 0 Å². The lowest BCUT2D eigenvalue weighted by atomic mass is 10.1. The van der Waals surface area contributed by atoms with Gasteiger partial charge in [-0.3, -0.25) is 4.68 Å². The summed E-state index contributed by atoms with van der Waals surface area (Å²) in [7, 11) is 4.04. The number of likely N-dealkylation sites (N-methyl/N-ethyl adjacent to an activating group) is 1. The van der Waals surface area contributed by atoms with Crippen LogP contribution < -0.4 is 14.2 Å². The lowest BCUT2D eigenvalue weighted by Gasteiger charge is -2.21. The van der Waals surface area contributed by atoms with E-state index in [2.05, 4.69) is 29.2 Å². The van der Waals surface area contributed by atoms with Crippen LogP contribution in [0.5, 0.6) is 17.2 Å². The van der Waals surface area contributed by atoms with E-state index in [4.69, 9.17) is 18.9 Å². The summed E-state index contributed by atoms with van der Waals surface area (Å²) in [6.07, 6.45) is 2.62. The van der Waals surface area contributed by atoms with Crippen molar-refractivity contribution in [3.05, 3.63) is 72.1 Å². The van der Waals surface area contributed by atoms with Crippen molar-refractivity contribution < 1.29 is 18.9 Å². The lowest BCUT2D eigenvalue weighted by Crippen LogP contribution is -2.26. The van der Waals surface area contributed by atoms with Crippen molar-refractivity contribution in [1.82, 2.24) is 14.7 Å². The van der Waals surface area contributed by atoms with E-state index in [9.17, 15) is 0 Å². The Hall–Kier alpha value is -3.03. The van der Waals surface area contributed by atoms with Crippen LogP contribution in [-0.2, 0) is 11.8 Å². The van der Waals surface area contributed by atoms with Gasteiger partial charge in [0.15, 0.2) is 11.5 Å². The predicted octanol–water partition coefficient (Wildman–Crippen LogP) is 3.66. The maximum absolute atomic E-state index is 6.28. The van der Waals surface area contributed by atoms with Crippen LogP contribution in [0.15, 0.2) is 60.8 Å². The van der Waals surface area contributed by atoms with Crippen LogP contribution in [0.3, 0.4) is 0 Å². The van der Waals surface area contributed by atoms with Gasteiger partial charge in [0, 0.05) is 39.0 Å². The molecule has 0 amide bonds. The zero-order valence-electron chi connectivity index (χ0n) is 18.1. The number of aromatic nitrogens is 2. The molecule has 1 atom stereocenters. The normalized spacial score (nSPS) is 13.5. The van der Waals surface area contributed by atoms with E-state index < -0.39 is 0 Å². The molecule has 2 aromatic carbocycles. The average molecular weight is 424 g/mol. The van der Waals surface area contributed by atoms with E-state index in [1.54, 1.807) is 0 Å². The lowest BCUT2D eigenvalue weighted by molar-refractivity contribution is 0.0674. The number of benzene rings is 2. The molecule has 0 saturated carbocycles. The molecule has 0 spiro atoms. The molecular weight excluding hydrogens is 394 g/mol. The van der Waals surface area contributed by atoms with Crippen molar-refractivity contribution in [2.24, 2.45) is 7.05 Å². The first-order valence-electron chi connectivity index (χ1n) is 10.6. The van der Waals surface area contributed by atoms with E-state index in [1.165, 1.54) is 0 Å². The van der Waals surface area contributed by atoms with Crippen LogP contribution in [0.1, 0.15) is 23.8 Å². The highest BCUT2D eigenvalue weighted by Crippen LogP contribution is 2.35. The van der Waals surface area contributed by atoms with Gasteiger partial charge in [-0.2, -0.15) is 5.10 Å². The fourth-order valence-electron chi connectivity index (χ4n) is 3.55. The van der Waals surface area contributed by atoms with Gasteiger partial charge >= 0.3 is 0 Å². The molecular formula is C24H29N3O4. The van der Waals surface area contributed by atoms with Crippen LogP contribution >= 0.6 is 0 Å². The standard InChI is InChI=1S/C24H29N3O4/c1-26(14-16-28-20-9-10-22-23(17-20)31-18-30-22)13-6-15-29-24(19-7-4-3-5-8-19)21-11-12-25-27(21)2/h3-5,7-12,17,24H,6,13-16,18H2,1-2H3. The van der Waals surface area contributed by atoms with Crippen molar-refractivity contribution in [3.63, 3.8) is 0 Å². The zero-order valence-corrected chi connectivity index (χ0v) is 18.1. The van der Waals surface area contributed by atoms with Gasteiger partial charge in [0.25, 0.3) is 0 Å². The molecule has 0 fully saturated rings. The predicted molar refractivity (Wildman–Crippen MR) is 118 cm³/mol. The van der Waals surface area contributed by atoms with Crippen LogP contribution in [0.4, 0.5) is 0 Å². The van der Waals surface area contributed by atoms with Gasteiger partial charge in [-0.1, -0.05) is 30.3 Å². The van der Waals surface area contributed by atoms with Crippen molar-refractivity contribution in [3.8, 4) is 17.2 Å². The van der Waals surface area contributed by atoms with Gasteiger partial charge in [-0.05, 0) is 37.2 Å². The maximum atomic E-state index is 6.28. The summed E-state index contributed by atoms with van der Waals surface area (Å²) in [4.78, 5) is 2.25. The summed E-state index contributed by atoms with van der Waals surface area (Å²) < 4.78 is 24.7. The first-order chi connectivity index (χ1) is 15.2. The Morgan fingerprint density at radius 3 is 2.68 bits per heavy atom. The van der Waals surface area contributed by atoms with Gasteiger partial charge in [-0.25, -0.2) is 0 Å². The number of aryl methyl sites for hydroxylation is 1. The summed E-state index contributed by atoms with van der Waals surface area (Å²) in [6.45, 7) is 3.31. The van der Waals surface area contributed by atoms with Crippen LogP contribution in [0.2, 0.25) is 0 Å². The molecule has 0 aliphatic carbocycles. The Balaban J connectivity index is 1.20. The number of hydrogen-bond donors (Lipinski definition) is 0. The molecule has 0 N–H and O–H groups in total. The highest BCUT2D eigenvalue weighted by atomic mass is 16.7. The van der Waals surface area contributed by atoms with Gasteiger partial charge in [0.05, 0.1) is 5.69 Å². The molecule has 1 aliphatic rings. The Bertz CT molecular complexity index is 960. The third kappa shape index (κ3) is 5.57. The Morgan fingerprint density at radius 2 is 1.87 bits per heavy atom. The largest absolute Gasteiger partial charge is 0.492 e. The SMILES string of the molecule is CN(CCCOC(c1ccccc1)c1ccnn1C)CCOc1ccc2c(c1)OCO2. The monoisotopic (exact) mass is 423 g/mol. The van der Waals surface area contributed by atoms with Crippen LogP contribution in [0, 0.1) is 0 Å². The third-order valence-corrected chi connectivity index (χ3v) is 5.28. The molecule has 1 aliphatic heterocycles. The first-order valence-corrected chi connectivity index (χ1v) is 10.6. The minimum atomic E-state index is -0.117. The van der Waals surface area contributed by atoms with E-state index in [0.29, 0.717) is 13.2 Å². The van der Waals surface area contributed by atoms with Crippen LogP contribution in [0.25, 0.3) is 0 Å². The zero-order chi connectivity index (χ0) is 21.5. The fourth-order valence-corrected chi connectivity index (χ4v) is 3.55. The highest BCUT2D eigenvalue weighted by molar-refractivity contribution is 5.46. The second-order valence-electron chi connectivity index (χ2n) is 7.56. The van der Waals surface area contributed by atoms with E-state index in [1.807, 2.05) is 60.4 Å². The van der Waals surface area contributed by atoms with Gasteiger partial charge in [-0.15, -0.1) is 0 Å². The second-order valence-corrected chi connectivity index (χ2v) is 7.56. The third-order valence-electron chi connectivity index (χ3n) is 5.28. The van der Waals surface area contributed by atoms with Crippen molar-refractivity contribution in [2.75, 3.05) is 40.1 Å². The number of nitrogens with zero attached hydrogens (tertiary/aromatic N) is 3. The fraction of sp³-hybridized carbons (Fsp3) is 0.375. The Labute approximate surface area is 183 Å². The van der Waals surface area contributed by atoms with Crippen molar-refractivity contribution >= 4 is 0 Å². The number of fused-ring (bicyclic) bond motifs is 1. The van der Waals surface area contributed by atoms with Gasteiger partial charge in [0.1, 0.15) is 18.5 Å². The van der Waals surface area contributed by atoms with Crippen LogP contribution in [-0.4, -0.2) is 54.8 Å². The molecule has 3 aromatic rings. The quantitative estimate of drug-likeness (QED) is 0.439. The number of rotatable bonds is 11. The highest BCUT2D eigenvalue weighted by Gasteiger charge is 2.18. The molecule has 1 aromatic heterocycles. The maximum Gasteiger partial charge on any atom is 0.231 e. The summed E-state index contributed by atoms with van der Waals surface area (Å²) in [5.41, 5.74) is 2.19. The number of hydrogen-bond acceptors (Lipinski definition) is 6. The number of ether oxygens (including phenoxy) is 4. The minimum Gasteiger partial charge on any atom is -0.492 e. The molecule has 0 saturated heterocycles. The molecule has 7 nitrogen and oxygen atoms in total.